The molecule has 0 spiro atoms. The van der Waals surface area contributed by atoms with Gasteiger partial charge in [-0.05, 0) is 44.4 Å². The van der Waals surface area contributed by atoms with Crippen molar-refractivity contribution in [3.63, 3.8) is 0 Å². The van der Waals surface area contributed by atoms with Crippen LogP contribution in [0.15, 0.2) is 24.5 Å². The first kappa shape index (κ1) is 29.8. The van der Waals surface area contributed by atoms with Crippen molar-refractivity contribution in [2.24, 2.45) is 7.05 Å². The van der Waals surface area contributed by atoms with Crippen molar-refractivity contribution < 1.29 is 22.7 Å². The summed E-state index contributed by atoms with van der Waals surface area (Å²) < 4.78 is 46.9. The summed E-state index contributed by atoms with van der Waals surface area (Å²) in [5.41, 5.74) is 3.60. The predicted molar refractivity (Wildman–Crippen MR) is 137 cm³/mol. The highest BCUT2D eigenvalue weighted by atomic mass is 19.4. The van der Waals surface area contributed by atoms with E-state index in [0.29, 0.717) is 24.2 Å². The molecule has 3 aromatic heterocycles. The second-order valence-electron chi connectivity index (χ2n) is 8.77. The lowest BCUT2D eigenvalue weighted by molar-refractivity contribution is -0.141. The van der Waals surface area contributed by atoms with Crippen molar-refractivity contribution in [3.05, 3.63) is 52.9 Å². The lowest BCUT2D eigenvalue weighted by Gasteiger charge is -2.38. The van der Waals surface area contributed by atoms with Crippen molar-refractivity contribution in [1.29, 1.82) is 0 Å². The molecule has 4 rings (SSSR count). The first-order chi connectivity index (χ1) is 16.5. The van der Waals surface area contributed by atoms with E-state index in [1.165, 1.54) is 11.7 Å². The van der Waals surface area contributed by atoms with Crippen LogP contribution in [0.4, 0.5) is 24.5 Å². The number of fused-ring (bicyclic) bond motifs is 1. The van der Waals surface area contributed by atoms with Gasteiger partial charge in [-0.3, -0.25) is 19.1 Å². The average Bonchev–Trinajstić information content (AvgIpc) is 3.39. The quantitative estimate of drug-likeness (QED) is 0.498. The van der Waals surface area contributed by atoms with Crippen LogP contribution in [0.3, 0.4) is 0 Å². The van der Waals surface area contributed by atoms with E-state index < -0.39 is 17.9 Å². The van der Waals surface area contributed by atoms with Gasteiger partial charge >= 0.3 is 6.18 Å². The maximum absolute atomic E-state index is 12.9. The third kappa shape index (κ3) is 6.12. The molecule has 9 nitrogen and oxygen atoms in total. The number of methoxy groups -OCH3 is 1. The number of pyridine rings is 1. The predicted octanol–water partition coefficient (Wildman–Crippen LogP) is 4.24. The Morgan fingerprint density at radius 2 is 1.89 bits per heavy atom. The molecule has 0 saturated carbocycles. The molecule has 12 heteroatoms. The van der Waals surface area contributed by atoms with E-state index in [1.807, 2.05) is 38.1 Å². The number of carbonyl (C=O) groups excluding carboxylic acids is 1. The Kier molecular flexibility index (Phi) is 9.13. The minimum Gasteiger partial charge on any atom is -0.379 e. The summed E-state index contributed by atoms with van der Waals surface area (Å²) in [7, 11) is 4.93. The lowest BCUT2D eigenvalue weighted by atomic mass is 10.0. The minimum atomic E-state index is -4.48. The van der Waals surface area contributed by atoms with Gasteiger partial charge in [-0.1, -0.05) is 14.9 Å². The summed E-state index contributed by atoms with van der Waals surface area (Å²) in [6, 6.07) is 2.55. The van der Waals surface area contributed by atoms with E-state index in [-0.39, 0.29) is 33.4 Å². The topological polar surface area (TPSA) is 90.1 Å². The fourth-order valence-electron chi connectivity index (χ4n) is 4.31. The fraction of sp³-hybridized carbons (Fsp3) is 0.520. The van der Waals surface area contributed by atoms with Crippen molar-refractivity contribution >= 4 is 17.3 Å². The monoisotopic (exact) mass is 523 g/mol. The summed E-state index contributed by atoms with van der Waals surface area (Å²) in [4.78, 5) is 19.2. The Morgan fingerprint density at radius 3 is 2.51 bits per heavy atom. The first-order valence-corrected chi connectivity index (χ1v) is 11.2. The second kappa shape index (κ2) is 11.3. The van der Waals surface area contributed by atoms with Crippen LogP contribution in [0.25, 0.3) is 0 Å². The molecule has 0 radical (unpaired) electrons. The maximum Gasteiger partial charge on any atom is 0.435 e. The Labute approximate surface area is 215 Å². The number of alkyl halides is 3. The van der Waals surface area contributed by atoms with Gasteiger partial charge in [0.25, 0.3) is 0 Å². The molecular weight excluding hydrogens is 487 g/mol. The summed E-state index contributed by atoms with van der Waals surface area (Å²) in [6.07, 6.45) is 0.0315. The molecule has 1 amide bonds. The Morgan fingerprint density at radius 1 is 1.19 bits per heavy atom. The van der Waals surface area contributed by atoms with Gasteiger partial charge in [0.05, 0.1) is 41.6 Å². The van der Waals surface area contributed by atoms with Crippen LogP contribution in [0, 0.1) is 6.92 Å². The molecule has 1 aliphatic rings. The maximum atomic E-state index is 12.9. The molecule has 0 aliphatic carbocycles. The van der Waals surface area contributed by atoms with E-state index in [4.69, 9.17) is 4.74 Å². The standard InChI is InChI=1S/C23H28F3N7O2.2CH4/c1-13-20-18(31(3)21(14(2)35-5)22(34)29-20)8-16(28-13)7-6-15-10-27-33(11-15)12-17-9-19(23(24,25)26)30-32(17)4;;/h8-11,14,21H,6-7,12H2,1-5H3,(H,29,34);2*1H4/t14-,21+;;/m1../s1. The molecular formula is C25H36F3N7O2. The van der Waals surface area contributed by atoms with Crippen molar-refractivity contribution in [1.82, 2.24) is 24.5 Å². The second-order valence-corrected chi connectivity index (χ2v) is 8.77. The molecule has 3 aromatic rings. The molecule has 0 saturated heterocycles. The van der Waals surface area contributed by atoms with E-state index in [0.717, 1.165) is 28.7 Å². The number of likely N-dealkylation sites (N-methyl/N-ethyl adjacent to an activating group) is 1. The lowest BCUT2D eigenvalue weighted by Crippen LogP contribution is -2.52. The van der Waals surface area contributed by atoms with Crippen LogP contribution < -0.4 is 10.2 Å². The number of nitrogens with one attached hydrogen (secondary N) is 1. The fourth-order valence-corrected chi connectivity index (χ4v) is 4.31. The Bertz CT molecular complexity index is 1240. The number of ether oxygens (including phenoxy) is 1. The number of rotatable bonds is 7. The molecule has 1 aliphatic heterocycles. The normalized spacial score (nSPS) is 15.9. The number of nitrogens with zero attached hydrogens (tertiary/aromatic N) is 6. The highest BCUT2D eigenvalue weighted by molar-refractivity contribution is 6.04. The van der Waals surface area contributed by atoms with E-state index >= 15 is 0 Å². The Hall–Kier alpha value is -3.41. The molecule has 37 heavy (non-hydrogen) atoms. The number of anilines is 2. The van der Waals surface area contributed by atoms with Crippen molar-refractivity contribution in [2.45, 2.75) is 66.4 Å². The molecule has 0 unspecified atom stereocenters. The number of amides is 1. The van der Waals surface area contributed by atoms with Crippen LogP contribution >= 0.6 is 0 Å². The van der Waals surface area contributed by atoms with E-state index in [2.05, 4.69) is 20.5 Å². The summed E-state index contributed by atoms with van der Waals surface area (Å²) in [6.45, 7) is 3.89. The first-order valence-electron chi connectivity index (χ1n) is 11.2. The number of hydrogen-bond donors (Lipinski definition) is 1. The average molecular weight is 524 g/mol. The van der Waals surface area contributed by atoms with Gasteiger partial charge < -0.3 is 15.0 Å². The minimum absolute atomic E-state index is 0. The number of aryl methyl sites for hydroxylation is 4. The van der Waals surface area contributed by atoms with Crippen LogP contribution in [0.1, 0.15) is 50.1 Å². The van der Waals surface area contributed by atoms with Gasteiger partial charge in [0.15, 0.2) is 5.69 Å². The molecule has 0 aromatic carbocycles. The summed E-state index contributed by atoms with van der Waals surface area (Å²) >= 11 is 0. The molecule has 4 heterocycles. The zero-order valence-corrected chi connectivity index (χ0v) is 20.2. The molecule has 1 N–H and O–H groups in total. The van der Waals surface area contributed by atoms with Crippen LogP contribution in [0.2, 0.25) is 0 Å². The summed E-state index contributed by atoms with van der Waals surface area (Å²) in [5.74, 6) is -0.129. The molecule has 0 bridgehead atoms. The van der Waals surface area contributed by atoms with Gasteiger partial charge in [-0.25, -0.2) is 0 Å². The van der Waals surface area contributed by atoms with Crippen molar-refractivity contribution in [2.75, 3.05) is 24.4 Å². The number of aromatic nitrogens is 5. The van der Waals surface area contributed by atoms with Gasteiger partial charge in [0, 0.05) is 33.1 Å². The van der Waals surface area contributed by atoms with Gasteiger partial charge in [-0.15, -0.1) is 0 Å². The third-order valence-corrected chi connectivity index (χ3v) is 6.31. The highest BCUT2D eigenvalue weighted by Gasteiger charge is 2.36. The van der Waals surface area contributed by atoms with Crippen molar-refractivity contribution in [3.8, 4) is 0 Å². The number of hydrogen-bond acceptors (Lipinski definition) is 6. The zero-order chi connectivity index (χ0) is 25.5. The smallest absolute Gasteiger partial charge is 0.379 e. The van der Waals surface area contributed by atoms with Crippen LogP contribution in [-0.4, -0.2) is 56.8 Å². The summed E-state index contributed by atoms with van der Waals surface area (Å²) in [5, 5.41) is 10.8. The van der Waals surface area contributed by atoms with Crippen LogP contribution in [0.5, 0.6) is 0 Å². The molecule has 0 fully saturated rings. The van der Waals surface area contributed by atoms with E-state index in [1.54, 1.807) is 18.0 Å². The highest BCUT2D eigenvalue weighted by Crippen LogP contribution is 2.35. The number of halogens is 3. The number of carbonyl (C=O) groups is 1. The van der Waals surface area contributed by atoms with Gasteiger partial charge in [0.1, 0.15) is 6.04 Å². The van der Waals surface area contributed by atoms with Gasteiger partial charge in [0.2, 0.25) is 5.91 Å². The van der Waals surface area contributed by atoms with E-state index in [9.17, 15) is 18.0 Å². The SMILES string of the molecule is C.C.CO[C@H](C)[C@H]1C(=O)Nc2c(cc(CCc3cnn(Cc4cc(C(F)(F)F)nn4C)c3)nc2C)N1C. The molecule has 2 atom stereocenters. The third-order valence-electron chi connectivity index (χ3n) is 6.31. The largest absolute Gasteiger partial charge is 0.435 e. The van der Waals surface area contributed by atoms with Crippen LogP contribution in [-0.2, 0) is 42.1 Å². The van der Waals surface area contributed by atoms with Gasteiger partial charge in [-0.2, -0.15) is 23.4 Å². The Balaban J connectivity index is 0.00000241. The zero-order valence-electron chi connectivity index (χ0n) is 20.2. The molecule has 204 valence electrons.